The van der Waals surface area contributed by atoms with Crippen molar-refractivity contribution in [3.63, 3.8) is 0 Å². The maximum atomic E-state index is 13.3. The molecule has 2 aliphatic rings. The molecule has 0 saturated carbocycles. The molecule has 0 amide bonds. The summed E-state index contributed by atoms with van der Waals surface area (Å²) in [4.78, 5) is 34.6. The molecule has 2 heterocycles. The topological polar surface area (TPSA) is 68.3 Å². The number of anilines is 1. The average Bonchev–Trinajstić information content (AvgIpc) is 3.41. The number of ether oxygens (including phenoxy) is 2. The maximum absolute atomic E-state index is 13.3. The van der Waals surface area contributed by atoms with Crippen LogP contribution in [0.25, 0.3) is 0 Å². The van der Waals surface area contributed by atoms with Crippen molar-refractivity contribution in [2.75, 3.05) is 25.7 Å². The third-order valence-electron chi connectivity index (χ3n) is 6.60. The number of carbonyl (C=O) groups excluding carboxylic acids is 2. The molecule has 0 aromatic heterocycles. The molecule has 0 N–H and O–H groups in total. The number of rotatable bonds is 5. The third kappa shape index (κ3) is 3.56. The van der Waals surface area contributed by atoms with E-state index < -0.39 is 23.6 Å². The molecular weight excluding hydrogens is 444 g/mol. The van der Waals surface area contributed by atoms with Crippen LogP contribution in [0.5, 0.6) is 0 Å². The van der Waals surface area contributed by atoms with Crippen LogP contribution in [-0.2, 0) is 29.4 Å². The first-order valence-electron chi connectivity index (χ1n) is 11.3. The van der Waals surface area contributed by atoms with Crippen LogP contribution in [0.4, 0.5) is 5.69 Å². The second-order valence-corrected chi connectivity index (χ2v) is 8.58. The zero-order chi connectivity index (χ0) is 24.6. The van der Waals surface area contributed by atoms with Gasteiger partial charge in [0.05, 0.1) is 20.8 Å². The number of aryl methyl sites for hydroxylation is 1. The largest absolute Gasteiger partial charge is 0.465 e. The molecule has 3 aromatic carbocycles. The summed E-state index contributed by atoms with van der Waals surface area (Å²) >= 11 is 0. The van der Waals surface area contributed by atoms with Gasteiger partial charge in [-0.2, -0.15) is 0 Å². The highest BCUT2D eigenvalue weighted by Crippen LogP contribution is 2.56. The van der Waals surface area contributed by atoms with Crippen LogP contribution >= 0.6 is 0 Å². The summed E-state index contributed by atoms with van der Waals surface area (Å²) < 4.78 is 10.2. The fourth-order valence-corrected chi connectivity index (χ4v) is 4.97. The number of esters is 2. The summed E-state index contributed by atoms with van der Waals surface area (Å²) in [6.45, 7) is 2.38. The number of fused-ring (bicyclic) bond motifs is 1. The van der Waals surface area contributed by atoms with E-state index in [2.05, 4.69) is 17.0 Å². The van der Waals surface area contributed by atoms with Crippen molar-refractivity contribution in [1.29, 1.82) is 0 Å². The number of hydrogen-bond acceptors (Lipinski definition) is 7. The van der Waals surface area contributed by atoms with Gasteiger partial charge in [-0.3, -0.25) is 0 Å². The van der Waals surface area contributed by atoms with Gasteiger partial charge < -0.3 is 19.2 Å². The standard InChI is InChI=1S/C28H26N2O5/c1-19-14-16-22(17-15-19)29-18-28(21-12-8-5-9-13-21)23(26(31)33-2)24(27(32)34-3)35-30(28)25(29)20-10-6-4-7-11-20/h4-17,25H,18H2,1-3H3. The van der Waals surface area contributed by atoms with Crippen LogP contribution in [-0.4, -0.2) is 37.8 Å². The molecule has 1 fully saturated rings. The van der Waals surface area contributed by atoms with Gasteiger partial charge in [-0.25, -0.2) is 9.59 Å². The van der Waals surface area contributed by atoms with Crippen molar-refractivity contribution in [3.8, 4) is 0 Å². The van der Waals surface area contributed by atoms with Crippen molar-refractivity contribution >= 4 is 17.6 Å². The van der Waals surface area contributed by atoms with Gasteiger partial charge in [0.15, 0.2) is 0 Å². The molecular formula is C28H26N2O5. The van der Waals surface area contributed by atoms with Crippen LogP contribution in [0, 0.1) is 6.92 Å². The number of methoxy groups -OCH3 is 2. The molecule has 0 spiro atoms. The Labute approximate surface area is 204 Å². The SMILES string of the molecule is COC(=O)C1=C(C(=O)OC)C2(c3ccccc3)CN(c3ccc(C)cc3)C(c3ccccc3)N2O1. The first kappa shape index (κ1) is 22.7. The number of carbonyl (C=O) groups is 2. The van der Waals surface area contributed by atoms with Crippen molar-refractivity contribution in [3.05, 3.63) is 113 Å². The Morgan fingerprint density at radius 3 is 2.06 bits per heavy atom. The highest BCUT2D eigenvalue weighted by molar-refractivity contribution is 6.02. The van der Waals surface area contributed by atoms with Gasteiger partial charge in [0.1, 0.15) is 17.3 Å². The summed E-state index contributed by atoms with van der Waals surface area (Å²) in [6.07, 6.45) is -0.444. The van der Waals surface area contributed by atoms with Crippen LogP contribution in [0.3, 0.4) is 0 Å². The van der Waals surface area contributed by atoms with Gasteiger partial charge in [0, 0.05) is 5.69 Å². The van der Waals surface area contributed by atoms with Crippen molar-refractivity contribution in [2.45, 2.75) is 18.6 Å². The summed E-state index contributed by atoms with van der Waals surface area (Å²) in [5.74, 6) is -1.54. The van der Waals surface area contributed by atoms with Crippen LogP contribution < -0.4 is 4.90 Å². The minimum absolute atomic E-state index is 0.119. The van der Waals surface area contributed by atoms with E-state index in [1.807, 2.05) is 79.7 Å². The van der Waals surface area contributed by atoms with E-state index >= 15 is 0 Å². The molecule has 0 radical (unpaired) electrons. The smallest absolute Gasteiger partial charge is 0.376 e. The lowest BCUT2D eigenvalue weighted by Gasteiger charge is -2.33. The molecule has 7 nitrogen and oxygen atoms in total. The van der Waals surface area contributed by atoms with Crippen molar-refractivity contribution < 1.29 is 23.9 Å². The van der Waals surface area contributed by atoms with Gasteiger partial charge in [0.25, 0.3) is 0 Å². The van der Waals surface area contributed by atoms with Gasteiger partial charge >= 0.3 is 11.9 Å². The molecule has 2 unspecified atom stereocenters. The third-order valence-corrected chi connectivity index (χ3v) is 6.60. The molecule has 1 saturated heterocycles. The Morgan fingerprint density at radius 1 is 0.857 bits per heavy atom. The monoisotopic (exact) mass is 470 g/mol. The number of hydroxylamine groups is 2. The van der Waals surface area contributed by atoms with E-state index in [1.54, 1.807) is 5.06 Å². The zero-order valence-electron chi connectivity index (χ0n) is 19.8. The summed E-state index contributed by atoms with van der Waals surface area (Å²) in [5, 5.41) is 1.73. The van der Waals surface area contributed by atoms with Crippen LogP contribution in [0.2, 0.25) is 0 Å². The fourth-order valence-electron chi connectivity index (χ4n) is 4.97. The maximum Gasteiger partial charge on any atom is 0.376 e. The fraction of sp³-hybridized carbons (Fsp3) is 0.214. The number of benzene rings is 3. The first-order valence-corrected chi connectivity index (χ1v) is 11.3. The van der Waals surface area contributed by atoms with E-state index in [-0.39, 0.29) is 11.3 Å². The Kier molecular flexibility index (Phi) is 5.78. The van der Waals surface area contributed by atoms with Gasteiger partial charge in [-0.15, -0.1) is 0 Å². The van der Waals surface area contributed by atoms with E-state index in [9.17, 15) is 9.59 Å². The van der Waals surface area contributed by atoms with E-state index in [4.69, 9.17) is 14.3 Å². The van der Waals surface area contributed by atoms with Crippen LogP contribution in [0.1, 0.15) is 22.9 Å². The van der Waals surface area contributed by atoms with E-state index in [0.29, 0.717) is 6.54 Å². The van der Waals surface area contributed by atoms with E-state index in [0.717, 1.165) is 22.4 Å². The molecule has 2 aliphatic heterocycles. The molecule has 2 atom stereocenters. The minimum Gasteiger partial charge on any atom is -0.465 e. The molecule has 7 heteroatoms. The summed E-state index contributed by atoms with van der Waals surface area (Å²) in [5.41, 5.74) is 2.84. The van der Waals surface area contributed by atoms with Crippen molar-refractivity contribution in [1.82, 2.24) is 5.06 Å². The predicted molar refractivity (Wildman–Crippen MR) is 130 cm³/mol. The Hall–Kier alpha value is -4.10. The Bertz CT molecular complexity index is 1270. The summed E-state index contributed by atoms with van der Waals surface area (Å²) in [6, 6.07) is 27.6. The van der Waals surface area contributed by atoms with Crippen LogP contribution in [0.15, 0.2) is 96.3 Å². The number of nitrogens with zero attached hydrogens (tertiary/aromatic N) is 2. The quantitative estimate of drug-likeness (QED) is 0.516. The normalized spacial score (nSPS) is 21.5. The molecule has 35 heavy (non-hydrogen) atoms. The second-order valence-electron chi connectivity index (χ2n) is 8.58. The molecule has 5 rings (SSSR count). The van der Waals surface area contributed by atoms with Gasteiger partial charge in [0.2, 0.25) is 5.76 Å². The lowest BCUT2D eigenvalue weighted by Crippen LogP contribution is -2.43. The molecule has 0 bridgehead atoms. The lowest BCUT2D eigenvalue weighted by molar-refractivity contribution is -0.177. The Morgan fingerprint density at radius 2 is 1.46 bits per heavy atom. The second kappa shape index (κ2) is 8.92. The molecule has 0 aliphatic carbocycles. The Balaban J connectivity index is 1.79. The number of hydrogen-bond donors (Lipinski definition) is 0. The average molecular weight is 471 g/mol. The molecule has 178 valence electrons. The lowest BCUT2D eigenvalue weighted by atomic mass is 9.82. The zero-order valence-corrected chi connectivity index (χ0v) is 19.8. The van der Waals surface area contributed by atoms with Gasteiger partial charge in [-0.1, -0.05) is 83.4 Å². The van der Waals surface area contributed by atoms with Crippen molar-refractivity contribution in [2.24, 2.45) is 0 Å². The predicted octanol–water partition coefficient (Wildman–Crippen LogP) is 4.26. The first-order chi connectivity index (χ1) is 17.0. The minimum atomic E-state index is -1.12. The highest BCUT2D eigenvalue weighted by atomic mass is 16.7. The summed E-state index contributed by atoms with van der Waals surface area (Å²) in [7, 11) is 2.56. The highest BCUT2D eigenvalue weighted by Gasteiger charge is 2.64. The van der Waals surface area contributed by atoms with Gasteiger partial charge in [-0.05, 0) is 30.2 Å². The molecule has 3 aromatic rings. The van der Waals surface area contributed by atoms with E-state index in [1.165, 1.54) is 14.2 Å².